The van der Waals surface area contributed by atoms with Gasteiger partial charge in [-0.15, -0.1) is 12.4 Å². The fourth-order valence-corrected chi connectivity index (χ4v) is 0.532. The van der Waals surface area contributed by atoms with Crippen molar-refractivity contribution in [3.63, 3.8) is 0 Å². The first-order chi connectivity index (χ1) is 2.39. The van der Waals surface area contributed by atoms with E-state index in [-0.39, 0.29) is 12.4 Å². The molecule has 3 heteroatoms. The molecule has 0 atom stereocenters. The highest BCUT2D eigenvalue weighted by molar-refractivity contribution is 7.81. The maximum absolute atomic E-state index is 4.12. The van der Waals surface area contributed by atoms with Crippen LogP contribution in [0.2, 0.25) is 0 Å². The lowest BCUT2D eigenvalue weighted by atomic mass is 10.3. The molecule has 0 aliphatic carbocycles. The smallest absolute Gasteiger partial charge is 0.0267 e. The number of hydrogen-bond acceptors (Lipinski definition) is 2. The van der Waals surface area contributed by atoms with Crippen molar-refractivity contribution in [1.29, 1.82) is 0 Å². The summed E-state index contributed by atoms with van der Waals surface area (Å²) in [4.78, 5) is 0. The van der Waals surface area contributed by atoms with Crippen LogP contribution in [0.25, 0.3) is 0 Å². The summed E-state index contributed by atoms with van der Waals surface area (Å²) >= 11 is 4.12. The standard InChI is InChI=1S/C3H7NS.ClH/c5-3-1-4-2-3;/h3-5H,1-2H2;1H. The van der Waals surface area contributed by atoms with Crippen molar-refractivity contribution >= 4 is 25.0 Å². The molecule has 0 aromatic rings. The first-order valence-corrected chi connectivity index (χ1v) is 2.30. The lowest BCUT2D eigenvalue weighted by molar-refractivity contribution is 0.547. The highest BCUT2D eigenvalue weighted by Gasteiger charge is 2.08. The van der Waals surface area contributed by atoms with Crippen LogP contribution in [0.5, 0.6) is 0 Å². The number of hydrogen-bond donors (Lipinski definition) is 2. The van der Waals surface area contributed by atoms with Gasteiger partial charge in [-0.2, -0.15) is 12.6 Å². The number of nitrogens with one attached hydrogen (secondary N) is 1. The Bertz CT molecular complexity index is 37.8. The summed E-state index contributed by atoms with van der Waals surface area (Å²) in [5.74, 6) is 0. The molecule has 0 aromatic carbocycles. The third-order valence-corrected chi connectivity index (χ3v) is 1.13. The maximum Gasteiger partial charge on any atom is 0.0267 e. The maximum atomic E-state index is 4.12. The Kier molecular flexibility index (Phi) is 2.99. The molecule has 1 aliphatic heterocycles. The Balaban J connectivity index is 0.000000250. The second-order valence-corrected chi connectivity index (χ2v) is 2.04. The van der Waals surface area contributed by atoms with Crippen molar-refractivity contribution < 1.29 is 0 Å². The van der Waals surface area contributed by atoms with Gasteiger partial charge in [0.25, 0.3) is 0 Å². The van der Waals surface area contributed by atoms with Gasteiger partial charge in [-0.05, 0) is 0 Å². The second kappa shape index (κ2) is 2.72. The van der Waals surface area contributed by atoms with Crippen LogP contribution in [-0.2, 0) is 0 Å². The summed E-state index contributed by atoms with van der Waals surface area (Å²) in [5.41, 5.74) is 0. The monoisotopic (exact) mass is 125 g/mol. The van der Waals surface area contributed by atoms with E-state index in [2.05, 4.69) is 17.9 Å². The molecule has 1 rings (SSSR count). The van der Waals surface area contributed by atoms with E-state index in [4.69, 9.17) is 0 Å². The molecule has 38 valence electrons. The van der Waals surface area contributed by atoms with Crippen LogP contribution in [0.3, 0.4) is 0 Å². The lowest BCUT2D eigenvalue weighted by Gasteiger charge is -2.20. The van der Waals surface area contributed by atoms with Gasteiger partial charge in [0.1, 0.15) is 0 Å². The average Bonchev–Trinajstić information content (AvgIpc) is 1.30. The molecule has 6 heavy (non-hydrogen) atoms. The third-order valence-electron chi connectivity index (χ3n) is 0.760. The van der Waals surface area contributed by atoms with E-state index in [9.17, 15) is 0 Å². The fraction of sp³-hybridized carbons (Fsp3) is 1.00. The quantitative estimate of drug-likeness (QED) is 0.444. The van der Waals surface area contributed by atoms with Gasteiger partial charge < -0.3 is 5.32 Å². The van der Waals surface area contributed by atoms with Gasteiger partial charge in [0.15, 0.2) is 0 Å². The molecule has 1 N–H and O–H groups in total. The van der Waals surface area contributed by atoms with Gasteiger partial charge in [0.2, 0.25) is 0 Å². The molecule has 1 heterocycles. The fourth-order valence-electron chi connectivity index (χ4n) is 0.273. The summed E-state index contributed by atoms with van der Waals surface area (Å²) in [7, 11) is 0. The van der Waals surface area contributed by atoms with Crippen LogP contribution in [0.15, 0.2) is 0 Å². The molecule has 1 saturated heterocycles. The summed E-state index contributed by atoms with van der Waals surface area (Å²) in [5, 5.41) is 3.73. The Morgan fingerprint density at radius 3 is 1.83 bits per heavy atom. The second-order valence-electron chi connectivity index (χ2n) is 1.31. The van der Waals surface area contributed by atoms with Gasteiger partial charge in [-0.25, -0.2) is 0 Å². The van der Waals surface area contributed by atoms with Gasteiger partial charge in [0.05, 0.1) is 0 Å². The number of halogens is 1. The van der Waals surface area contributed by atoms with E-state index in [1.807, 2.05) is 0 Å². The first-order valence-electron chi connectivity index (χ1n) is 1.78. The zero-order valence-corrected chi connectivity index (χ0v) is 5.06. The number of rotatable bonds is 0. The van der Waals surface area contributed by atoms with Crippen molar-refractivity contribution in [3.05, 3.63) is 0 Å². The Labute approximate surface area is 49.3 Å². The summed E-state index contributed by atoms with van der Waals surface area (Å²) < 4.78 is 0. The van der Waals surface area contributed by atoms with E-state index >= 15 is 0 Å². The van der Waals surface area contributed by atoms with Crippen LogP contribution in [0, 0.1) is 0 Å². The molecule has 0 spiro atoms. The Hall–Kier alpha value is 0.600. The predicted molar refractivity (Wildman–Crippen MR) is 32.9 cm³/mol. The lowest BCUT2D eigenvalue weighted by Crippen LogP contribution is -2.42. The highest BCUT2D eigenvalue weighted by atomic mass is 35.5. The van der Waals surface area contributed by atoms with Crippen molar-refractivity contribution in [2.45, 2.75) is 5.25 Å². The molecule has 1 nitrogen and oxygen atoms in total. The first kappa shape index (κ1) is 6.60. The minimum atomic E-state index is 0. The number of thiol groups is 1. The van der Waals surface area contributed by atoms with Crippen molar-refractivity contribution in [2.75, 3.05) is 13.1 Å². The largest absolute Gasteiger partial charge is 0.314 e. The molecule has 1 aliphatic rings. The molecule has 1 fully saturated rings. The minimum absolute atomic E-state index is 0. The zero-order valence-electron chi connectivity index (χ0n) is 3.35. The topological polar surface area (TPSA) is 12.0 Å². The minimum Gasteiger partial charge on any atom is -0.314 e. The summed E-state index contributed by atoms with van der Waals surface area (Å²) in [6, 6.07) is 0. The molecular formula is C3H8ClNS. The van der Waals surface area contributed by atoms with Crippen molar-refractivity contribution in [3.8, 4) is 0 Å². The summed E-state index contributed by atoms with van der Waals surface area (Å²) in [6.45, 7) is 2.20. The van der Waals surface area contributed by atoms with Crippen LogP contribution in [0.4, 0.5) is 0 Å². The predicted octanol–water partition coefficient (Wildman–Crippen LogP) is 0.310. The van der Waals surface area contributed by atoms with Crippen molar-refractivity contribution in [2.24, 2.45) is 0 Å². The van der Waals surface area contributed by atoms with Gasteiger partial charge in [-0.3, -0.25) is 0 Å². The van der Waals surface area contributed by atoms with E-state index in [1.165, 1.54) is 0 Å². The highest BCUT2D eigenvalue weighted by Crippen LogP contribution is 1.97. The van der Waals surface area contributed by atoms with Crippen LogP contribution in [0.1, 0.15) is 0 Å². The molecule has 0 saturated carbocycles. The van der Waals surface area contributed by atoms with E-state index < -0.39 is 0 Å². The Morgan fingerprint density at radius 1 is 1.50 bits per heavy atom. The van der Waals surface area contributed by atoms with E-state index in [0.717, 1.165) is 13.1 Å². The molecule has 0 amide bonds. The van der Waals surface area contributed by atoms with Gasteiger partial charge in [0, 0.05) is 18.3 Å². The Morgan fingerprint density at radius 2 is 1.83 bits per heavy atom. The normalized spacial score (nSPS) is 21.5. The van der Waals surface area contributed by atoms with Crippen LogP contribution in [-0.4, -0.2) is 18.3 Å². The third kappa shape index (κ3) is 1.37. The van der Waals surface area contributed by atoms with E-state index in [1.54, 1.807) is 0 Å². The summed E-state index contributed by atoms with van der Waals surface area (Å²) in [6.07, 6.45) is 0. The van der Waals surface area contributed by atoms with Crippen LogP contribution >= 0.6 is 25.0 Å². The molecule has 0 radical (unpaired) electrons. The van der Waals surface area contributed by atoms with Gasteiger partial charge in [-0.1, -0.05) is 0 Å². The molecule has 0 unspecified atom stereocenters. The molecular weight excluding hydrogens is 118 g/mol. The van der Waals surface area contributed by atoms with Crippen LogP contribution < -0.4 is 5.32 Å². The van der Waals surface area contributed by atoms with Gasteiger partial charge >= 0.3 is 0 Å². The average molecular weight is 126 g/mol. The van der Waals surface area contributed by atoms with E-state index in [0.29, 0.717) is 5.25 Å². The SMILES string of the molecule is Cl.SC1CNC1. The zero-order chi connectivity index (χ0) is 3.70. The molecule has 0 aromatic heterocycles. The molecule has 0 bridgehead atoms. The van der Waals surface area contributed by atoms with Crippen molar-refractivity contribution in [1.82, 2.24) is 5.32 Å².